The third-order valence-corrected chi connectivity index (χ3v) is 2.39. The fraction of sp³-hybridized carbons (Fsp3) is 0.400. The molecule has 0 atom stereocenters. The molecule has 0 saturated heterocycles. The maximum absolute atomic E-state index is 10.8. The van der Waals surface area contributed by atoms with Gasteiger partial charge in [-0.05, 0) is 44.9 Å². The topological polar surface area (TPSA) is 43.1 Å². The van der Waals surface area contributed by atoms with E-state index in [1.54, 1.807) is 13.8 Å². The average Bonchev–Trinajstić information content (AvgIpc) is 2.11. The highest BCUT2D eigenvalue weighted by molar-refractivity contribution is 5.53. The summed E-state index contributed by atoms with van der Waals surface area (Å²) in [5.74, 6) is 0. The molecule has 1 rings (SSSR count). The molecule has 0 aliphatic rings. The van der Waals surface area contributed by atoms with Gasteiger partial charge in [0.1, 0.15) is 0 Å². The van der Waals surface area contributed by atoms with Crippen LogP contribution in [0, 0.1) is 37.8 Å². The van der Waals surface area contributed by atoms with Gasteiger partial charge in [-0.3, -0.25) is 10.1 Å². The Kier molecular flexibility index (Phi) is 2.00. The Balaban J connectivity index is 3.68. The molecule has 3 heteroatoms. The average molecular weight is 180 g/mol. The van der Waals surface area contributed by atoms with Crippen LogP contribution in [-0.4, -0.2) is 4.92 Å². The van der Waals surface area contributed by atoms with Crippen LogP contribution in [0.2, 0.25) is 0 Å². The zero-order valence-corrected chi connectivity index (χ0v) is 8.26. The van der Waals surface area contributed by atoms with Crippen LogP contribution in [0.5, 0.6) is 0 Å². The van der Waals surface area contributed by atoms with E-state index in [2.05, 4.69) is 0 Å². The van der Waals surface area contributed by atoms with Crippen LogP contribution < -0.4 is 0 Å². The lowest BCUT2D eigenvalue weighted by Gasteiger charge is -2.07. The van der Waals surface area contributed by atoms with E-state index in [0.29, 0.717) is 11.1 Å². The molecule has 0 N–H and O–H groups in total. The third kappa shape index (κ3) is 1.54. The SMILES string of the molecule is [2H]c1c(C)c(C)c(C)c([N+](=O)[O-])c1C. The summed E-state index contributed by atoms with van der Waals surface area (Å²) < 4.78 is 7.71. The van der Waals surface area contributed by atoms with Crippen LogP contribution >= 0.6 is 0 Å². The molecule has 0 bridgehead atoms. The van der Waals surface area contributed by atoms with Crippen LogP contribution in [0.15, 0.2) is 6.04 Å². The van der Waals surface area contributed by atoms with Crippen molar-refractivity contribution in [3.63, 3.8) is 0 Å². The molecule has 0 aliphatic heterocycles. The van der Waals surface area contributed by atoms with Crippen molar-refractivity contribution in [2.45, 2.75) is 27.7 Å². The highest BCUT2D eigenvalue weighted by Gasteiger charge is 2.17. The van der Waals surface area contributed by atoms with Gasteiger partial charge in [0.15, 0.2) is 0 Å². The van der Waals surface area contributed by atoms with Gasteiger partial charge in [-0.1, -0.05) is 0 Å². The predicted octanol–water partition coefficient (Wildman–Crippen LogP) is 2.83. The fourth-order valence-corrected chi connectivity index (χ4v) is 1.45. The van der Waals surface area contributed by atoms with Gasteiger partial charge < -0.3 is 0 Å². The Bertz CT molecular complexity index is 384. The first-order valence-corrected chi connectivity index (χ1v) is 4.09. The first kappa shape index (κ1) is 8.23. The lowest BCUT2D eigenvalue weighted by molar-refractivity contribution is -0.386. The third-order valence-electron chi connectivity index (χ3n) is 2.39. The summed E-state index contributed by atoms with van der Waals surface area (Å²) in [7, 11) is 0. The Morgan fingerprint density at radius 3 is 2.23 bits per heavy atom. The zero-order valence-electron chi connectivity index (χ0n) is 9.26. The Hall–Kier alpha value is -1.38. The molecule has 1 aromatic carbocycles. The molecule has 3 nitrogen and oxygen atoms in total. The summed E-state index contributed by atoms with van der Waals surface area (Å²) in [4.78, 5) is 10.4. The first-order valence-electron chi connectivity index (χ1n) is 4.59. The lowest BCUT2D eigenvalue weighted by Crippen LogP contribution is -1.98. The van der Waals surface area contributed by atoms with Gasteiger partial charge in [-0.15, -0.1) is 0 Å². The molecule has 0 spiro atoms. The normalized spacial score (nSPS) is 11.2. The van der Waals surface area contributed by atoms with Gasteiger partial charge in [-0.2, -0.15) is 0 Å². The Labute approximate surface area is 78.9 Å². The van der Waals surface area contributed by atoms with Crippen molar-refractivity contribution >= 4 is 5.69 Å². The molecular formula is C10H13NO2. The summed E-state index contributed by atoms with van der Waals surface area (Å²) in [6.45, 7) is 6.99. The van der Waals surface area contributed by atoms with Crippen LogP contribution in [0.3, 0.4) is 0 Å². The highest BCUT2D eigenvalue weighted by Crippen LogP contribution is 2.27. The Morgan fingerprint density at radius 2 is 1.77 bits per heavy atom. The summed E-state index contributed by atoms with van der Waals surface area (Å²) in [6.07, 6.45) is 0. The molecule has 13 heavy (non-hydrogen) atoms. The van der Waals surface area contributed by atoms with E-state index in [1.807, 2.05) is 13.8 Å². The van der Waals surface area contributed by atoms with E-state index < -0.39 is 4.92 Å². The molecule has 0 amide bonds. The van der Waals surface area contributed by atoms with Crippen molar-refractivity contribution in [3.05, 3.63) is 38.4 Å². The van der Waals surface area contributed by atoms with Crippen LogP contribution in [0.4, 0.5) is 5.69 Å². The van der Waals surface area contributed by atoms with Crippen molar-refractivity contribution in [1.29, 1.82) is 0 Å². The number of hydrogen-bond donors (Lipinski definition) is 0. The van der Waals surface area contributed by atoms with Crippen LogP contribution in [-0.2, 0) is 0 Å². The second-order valence-electron chi connectivity index (χ2n) is 3.23. The molecule has 0 saturated carbocycles. The van der Waals surface area contributed by atoms with Crippen molar-refractivity contribution < 1.29 is 6.29 Å². The maximum atomic E-state index is 10.8. The smallest absolute Gasteiger partial charge is 0.258 e. The molecule has 70 valence electrons. The van der Waals surface area contributed by atoms with E-state index in [0.717, 1.165) is 11.1 Å². The minimum Gasteiger partial charge on any atom is -0.258 e. The number of rotatable bonds is 1. The highest BCUT2D eigenvalue weighted by atomic mass is 16.6. The first-order chi connectivity index (χ1) is 6.37. The van der Waals surface area contributed by atoms with Gasteiger partial charge in [-0.25, -0.2) is 0 Å². The van der Waals surface area contributed by atoms with Gasteiger partial charge in [0.25, 0.3) is 5.69 Å². The van der Waals surface area contributed by atoms with E-state index in [4.69, 9.17) is 1.37 Å². The summed E-state index contributed by atoms with van der Waals surface area (Å²) in [5, 5.41) is 10.8. The fourth-order valence-electron chi connectivity index (χ4n) is 1.45. The van der Waals surface area contributed by atoms with E-state index in [1.165, 1.54) is 0 Å². The summed E-state index contributed by atoms with van der Waals surface area (Å²) >= 11 is 0. The van der Waals surface area contributed by atoms with Gasteiger partial charge >= 0.3 is 0 Å². The van der Waals surface area contributed by atoms with E-state index in [-0.39, 0.29) is 11.7 Å². The number of benzene rings is 1. The maximum Gasteiger partial charge on any atom is 0.275 e. The number of hydrogen-bond acceptors (Lipinski definition) is 2. The molecule has 0 radical (unpaired) electrons. The van der Waals surface area contributed by atoms with Gasteiger partial charge in [0.05, 0.1) is 6.29 Å². The monoisotopic (exact) mass is 180 g/mol. The van der Waals surface area contributed by atoms with Crippen LogP contribution in [0.1, 0.15) is 23.6 Å². The van der Waals surface area contributed by atoms with Gasteiger partial charge in [0.2, 0.25) is 0 Å². The minimum atomic E-state index is -0.408. The molecular weight excluding hydrogens is 166 g/mol. The number of nitrogens with zero attached hydrogens (tertiary/aromatic N) is 1. The molecule has 0 aliphatic carbocycles. The second-order valence-corrected chi connectivity index (χ2v) is 3.23. The molecule has 0 heterocycles. The van der Waals surface area contributed by atoms with Crippen molar-refractivity contribution in [3.8, 4) is 0 Å². The largest absolute Gasteiger partial charge is 0.275 e. The van der Waals surface area contributed by atoms with Gasteiger partial charge in [0, 0.05) is 11.1 Å². The molecule has 1 aromatic rings. The number of nitro benzene ring substituents is 1. The van der Waals surface area contributed by atoms with E-state index in [9.17, 15) is 10.1 Å². The van der Waals surface area contributed by atoms with E-state index >= 15 is 0 Å². The summed E-state index contributed by atoms with van der Waals surface area (Å²) in [5.41, 5.74) is 2.87. The predicted molar refractivity (Wildman–Crippen MR) is 52.0 cm³/mol. The van der Waals surface area contributed by atoms with Crippen molar-refractivity contribution in [2.24, 2.45) is 0 Å². The van der Waals surface area contributed by atoms with Crippen LogP contribution in [0.25, 0.3) is 0 Å². The summed E-state index contributed by atoms with van der Waals surface area (Å²) in [6, 6.07) is 0.278. The molecule has 0 fully saturated rings. The molecule has 0 unspecified atom stereocenters. The molecule has 0 aromatic heterocycles. The quantitative estimate of drug-likeness (QED) is 0.492. The van der Waals surface area contributed by atoms with Crippen molar-refractivity contribution in [1.82, 2.24) is 0 Å². The zero-order chi connectivity index (χ0) is 11.0. The standard InChI is InChI=1S/C10H13NO2/c1-6-5-7(2)10(11(12)13)9(4)8(6)3/h5H,1-4H3/i5D. The minimum absolute atomic E-state index is 0.0816. The van der Waals surface area contributed by atoms with Crippen molar-refractivity contribution in [2.75, 3.05) is 0 Å². The lowest BCUT2D eigenvalue weighted by atomic mass is 9.99. The number of nitro groups is 1. The Morgan fingerprint density at radius 1 is 1.23 bits per heavy atom. The second kappa shape index (κ2) is 3.17.